The number of hydrogen-bond donors (Lipinski definition) is 2. The first kappa shape index (κ1) is 14.2. The highest BCUT2D eigenvalue weighted by Crippen LogP contribution is 2.10. The average Bonchev–Trinajstić information content (AvgIpc) is 2.28. The van der Waals surface area contributed by atoms with Gasteiger partial charge in [-0.15, -0.1) is 0 Å². The van der Waals surface area contributed by atoms with Gasteiger partial charge in [-0.2, -0.15) is 0 Å². The summed E-state index contributed by atoms with van der Waals surface area (Å²) in [5.41, 5.74) is 0.551. The van der Waals surface area contributed by atoms with Crippen molar-refractivity contribution in [1.29, 1.82) is 0 Å². The maximum Gasteiger partial charge on any atom is 0.326 e. The van der Waals surface area contributed by atoms with E-state index in [1.54, 1.807) is 20.8 Å². The van der Waals surface area contributed by atoms with E-state index < -0.39 is 23.7 Å². The molecule has 5 heteroatoms. The van der Waals surface area contributed by atoms with E-state index in [0.717, 1.165) is 6.07 Å². The molecule has 0 aliphatic carbocycles. The number of carbonyl (C=O) groups excluding carboxylic acids is 1. The van der Waals surface area contributed by atoms with Crippen LogP contribution in [0.25, 0.3) is 0 Å². The topological polar surface area (TPSA) is 66.4 Å². The lowest BCUT2D eigenvalue weighted by atomic mass is 10.0. The van der Waals surface area contributed by atoms with E-state index in [1.807, 2.05) is 0 Å². The van der Waals surface area contributed by atoms with Crippen LogP contribution in [0.15, 0.2) is 18.2 Å². The second-order valence-corrected chi connectivity index (χ2v) is 4.50. The van der Waals surface area contributed by atoms with E-state index in [1.165, 1.54) is 12.1 Å². The third-order valence-electron chi connectivity index (χ3n) is 2.65. The van der Waals surface area contributed by atoms with Gasteiger partial charge in [0.15, 0.2) is 0 Å². The molecule has 0 fully saturated rings. The highest BCUT2D eigenvalue weighted by Gasteiger charge is 2.24. The molecule has 0 heterocycles. The van der Waals surface area contributed by atoms with Crippen molar-refractivity contribution in [2.24, 2.45) is 5.92 Å². The first-order valence-electron chi connectivity index (χ1n) is 5.62. The summed E-state index contributed by atoms with van der Waals surface area (Å²) in [5, 5.41) is 11.3. The molecule has 4 nitrogen and oxygen atoms in total. The van der Waals surface area contributed by atoms with Gasteiger partial charge < -0.3 is 10.4 Å². The van der Waals surface area contributed by atoms with Gasteiger partial charge in [-0.25, -0.2) is 9.18 Å². The monoisotopic (exact) mass is 253 g/mol. The van der Waals surface area contributed by atoms with Crippen LogP contribution in [0.3, 0.4) is 0 Å². The summed E-state index contributed by atoms with van der Waals surface area (Å²) in [5.74, 6) is -2.43. The van der Waals surface area contributed by atoms with Crippen LogP contribution < -0.4 is 5.32 Å². The number of carbonyl (C=O) groups is 2. The van der Waals surface area contributed by atoms with Crippen molar-refractivity contribution in [2.75, 3.05) is 0 Å². The minimum absolute atomic E-state index is 0.116. The van der Waals surface area contributed by atoms with Crippen molar-refractivity contribution >= 4 is 11.9 Å². The van der Waals surface area contributed by atoms with Gasteiger partial charge in [0.05, 0.1) is 0 Å². The molecular formula is C13H16FNO3. The van der Waals surface area contributed by atoms with Gasteiger partial charge in [-0.3, -0.25) is 4.79 Å². The van der Waals surface area contributed by atoms with Gasteiger partial charge >= 0.3 is 5.97 Å². The standard InChI is InChI=1S/C13H16FNO3/c1-7(2)11(13(17)18)15-12(16)9-5-4-8(3)10(14)6-9/h4-7,11H,1-3H3,(H,15,16)(H,17,18)/t11-/m0/s1. The highest BCUT2D eigenvalue weighted by atomic mass is 19.1. The normalized spacial score (nSPS) is 12.3. The molecule has 0 saturated heterocycles. The van der Waals surface area contributed by atoms with E-state index >= 15 is 0 Å². The fourth-order valence-corrected chi connectivity index (χ4v) is 1.47. The molecule has 0 saturated carbocycles. The van der Waals surface area contributed by atoms with Crippen molar-refractivity contribution in [3.8, 4) is 0 Å². The Kier molecular flexibility index (Phi) is 4.42. The van der Waals surface area contributed by atoms with Crippen molar-refractivity contribution < 1.29 is 19.1 Å². The molecule has 0 spiro atoms. The zero-order valence-electron chi connectivity index (χ0n) is 10.5. The minimum Gasteiger partial charge on any atom is -0.480 e. The Morgan fingerprint density at radius 1 is 1.33 bits per heavy atom. The number of aryl methyl sites for hydroxylation is 1. The van der Waals surface area contributed by atoms with Gasteiger partial charge in [-0.1, -0.05) is 19.9 Å². The Hall–Kier alpha value is -1.91. The summed E-state index contributed by atoms with van der Waals surface area (Å²) in [6, 6.07) is 3.06. The molecule has 1 aromatic rings. The number of carboxylic acids is 1. The van der Waals surface area contributed by atoms with Crippen molar-refractivity contribution in [1.82, 2.24) is 5.32 Å². The number of amides is 1. The Labute approximate surface area is 105 Å². The largest absolute Gasteiger partial charge is 0.480 e. The number of carboxylic acid groups (broad SMARTS) is 1. The highest BCUT2D eigenvalue weighted by molar-refractivity contribution is 5.96. The number of hydrogen-bond acceptors (Lipinski definition) is 2. The zero-order valence-corrected chi connectivity index (χ0v) is 10.5. The fourth-order valence-electron chi connectivity index (χ4n) is 1.47. The van der Waals surface area contributed by atoms with Crippen LogP contribution in [0.4, 0.5) is 4.39 Å². The number of nitrogens with one attached hydrogen (secondary N) is 1. The third-order valence-corrected chi connectivity index (χ3v) is 2.65. The number of halogens is 1. The van der Waals surface area contributed by atoms with Gasteiger partial charge in [0.1, 0.15) is 11.9 Å². The maximum absolute atomic E-state index is 13.3. The quantitative estimate of drug-likeness (QED) is 0.862. The molecule has 0 bridgehead atoms. The molecule has 0 radical (unpaired) electrons. The second kappa shape index (κ2) is 5.62. The van der Waals surface area contributed by atoms with Crippen LogP contribution in [0.5, 0.6) is 0 Å². The molecule has 2 N–H and O–H groups in total. The van der Waals surface area contributed by atoms with Gasteiger partial charge in [0.25, 0.3) is 5.91 Å². The van der Waals surface area contributed by atoms with Crippen LogP contribution in [-0.4, -0.2) is 23.0 Å². The molecule has 1 atom stereocenters. The van der Waals surface area contributed by atoms with Crippen LogP contribution in [0.2, 0.25) is 0 Å². The molecule has 98 valence electrons. The molecule has 18 heavy (non-hydrogen) atoms. The SMILES string of the molecule is Cc1ccc(C(=O)N[C@H](C(=O)O)C(C)C)cc1F. The smallest absolute Gasteiger partial charge is 0.326 e. The lowest BCUT2D eigenvalue weighted by Crippen LogP contribution is -2.44. The molecule has 0 aromatic heterocycles. The predicted molar refractivity (Wildman–Crippen MR) is 64.9 cm³/mol. The summed E-state index contributed by atoms with van der Waals surface area (Å²) < 4.78 is 13.3. The predicted octanol–water partition coefficient (Wildman–Crippen LogP) is 1.97. The van der Waals surface area contributed by atoms with E-state index in [9.17, 15) is 14.0 Å². The first-order valence-corrected chi connectivity index (χ1v) is 5.62. The summed E-state index contributed by atoms with van der Waals surface area (Å²) in [6.45, 7) is 4.97. The first-order chi connectivity index (χ1) is 8.32. The summed E-state index contributed by atoms with van der Waals surface area (Å²) >= 11 is 0. The Balaban J connectivity index is 2.87. The second-order valence-electron chi connectivity index (χ2n) is 4.50. The minimum atomic E-state index is -1.11. The maximum atomic E-state index is 13.3. The third kappa shape index (κ3) is 3.29. The van der Waals surface area contributed by atoms with Crippen LogP contribution in [0.1, 0.15) is 29.8 Å². The zero-order chi connectivity index (χ0) is 13.9. The average molecular weight is 253 g/mol. The van der Waals surface area contributed by atoms with Crippen LogP contribution in [-0.2, 0) is 4.79 Å². The van der Waals surface area contributed by atoms with E-state index in [2.05, 4.69) is 5.32 Å². The molecule has 1 amide bonds. The Bertz CT molecular complexity index is 471. The van der Waals surface area contributed by atoms with Crippen LogP contribution in [0, 0.1) is 18.7 Å². The van der Waals surface area contributed by atoms with E-state index in [4.69, 9.17) is 5.11 Å². The molecule has 0 aliphatic heterocycles. The van der Waals surface area contributed by atoms with Crippen molar-refractivity contribution in [2.45, 2.75) is 26.8 Å². The summed E-state index contributed by atoms with van der Waals surface area (Å²) in [4.78, 5) is 22.7. The van der Waals surface area contributed by atoms with Crippen LogP contribution >= 0.6 is 0 Å². The fraction of sp³-hybridized carbons (Fsp3) is 0.385. The van der Waals surface area contributed by atoms with Crippen molar-refractivity contribution in [3.63, 3.8) is 0 Å². The molecule has 1 aromatic carbocycles. The summed E-state index contributed by atoms with van der Waals surface area (Å²) in [6.07, 6.45) is 0. The van der Waals surface area contributed by atoms with E-state index in [0.29, 0.717) is 5.56 Å². The summed E-state index contributed by atoms with van der Waals surface area (Å²) in [7, 11) is 0. The van der Waals surface area contributed by atoms with Gasteiger partial charge in [0.2, 0.25) is 0 Å². The molecular weight excluding hydrogens is 237 g/mol. The van der Waals surface area contributed by atoms with Gasteiger partial charge in [-0.05, 0) is 30.5 Å². The van der Waals surface area contributed by atoms with Crippen molar-refractivity contribution in [3.05, 3.63) is 35.1 Å². The lowest BCUT2D eigenvalue weighted by Gasteiger charge is -2.17. The Morgan fingerprint density at radius 2 is 1.94 bits per heavy atom. The lowest BCUT2D eigenvalue weighted by molar-refractivity contribution is -0.140. The molecule has 0 unspecified atom stereocenters. The van der Waals surface area contributed by atoms with Gasteiger partial charge in [0, 0.05) is 5.56 Å². The Morgan fingerprint density at radius 3 is 2.39 bits per heavy atom. The molecule has 1 rings (SSSR count). The molecule has 0 aliphatic rings. The number of rotatable bonds is 4. The number of benzene rings is 1. The number of aliphatic carboxylic acids is 1. The van der Waals surface area contributed by atoms with E-state index in [-0.39, 0.29) is 11.5 Å².